The topological polar surface area (TPSA) is 68.4 Å². The minimum Gasteiger partial charge on any atom is -0.351 e. The largest absolute Gasteiger partial charge is 0.351 e. The van der Waals surface area contributed by atoms with Crippen molar-refractivity contribution in [2.45, 2.75) is 13.8 Å². The molecule has 0 radical (unpaired) electrons. The van der Waals surface area contributed by atoms with Gasteiger partial charge in [0.05, 0.1) is 0 Å². The maximum Gasteiger partial charge on any atom is 0.273 e. The number of fused-ring (bicyclic) bond motifs is 1. The highest BCUT2D eigenvalue weighted by molar-refractivity contribution is 5.93. The maximum atomic E-state index is 11.8. The summed E-state index contributed by atoms with van der Waals surface area (Å²) in [5.74, 6) is -0.211. The molecule has 1 amide bonds. The fourth-order valence-corrected chi connectivity index (χ4v) is 1.80. The lowest BCUT2D eigenvalue weighted by Crippen LogP contribution is -2.27. The van der Waals surface area contributed by atoms with Crippen LogP contribution in [-0.4, -0.2) is 26.6 Å². The Hall–Kier alpha value is -2.11. The highest BCUT2D eigenvalue weighted by Crippen LogP contribution is 2.05. The van der Waals surface area contributed by atoms with Crippen LogP contribution in [0.25, 0.3) is 5.65 Å². The van der Waals surface area contributed by atoms with E-state index >= 15 is 0 Å². The van der Waals surface area contributed by atoms with Crippen molar-refractivity contribution in [3.63, 3.8) is 0 Å². The third-order valence-corrected chi connectivity index (χ3v) is 2.53. The molecule has 0 aliphatic heterocycles. The second-order valence-electron chi connectivity index (χ2n) is 3.82. The van der Waals surface area contributed by atoms with Crippen molar-refractivity contribution in [3.8, 4) is 0 Å². The van der Waals surface area contributed by atoms with Gasteiger partial charge in [-0.3, -0.25) is 14.3 Å². The van der Waals surface area contributed by atoms with Gasteiger partial charge in [0, 0.05) is 31.4 Å². The van der Waals surface area contributed by atoms with Crippen LogP contribution in [-0.2, 0) is 7.05 Å². The standard InChI is InChI=1S/C11H14N4O2/c1-4-12-11(17)8-6-9-13-7(2)5-10(16)15(9)14(8)3/h5-6H,4H2,1-3H3,(H,12,17). The third-order valence-electron chi connectivity index (χ3n) is 2.53. The zero-order valence-corrected chi connectivity index (χ0v) is 10.0. The van der Waals surface area contributed by atoms with E-state index in [4.69, 9.17) is 0 Å². The molecule has 6 nitrogen and oxygen atoms in total. The van der Waals surface area contributed by atoms with Gasteiger partial charge in [-0.2, -0.15) is 4.52 Å². The minimum atomic E-state index is -0.211. The summed E-state index contributed by atoms with van der Waals surface area (Å²) in [5, 5.41) is 2.69. The van der Waals surface area contributed by atoms with Crippen molar-refractivity contribution in [2.24, 2.45) is 7.05 Å². The number of rotatable bonds is 2. The molecule has 0 fully saturated rings. The minimum absolute atomic E-state index is 0.189. The molecule has 17 heavy (non-hydrogen) atoms. The maximum absolute atomic E-state index is 11.8. The summed E-state index contributed by atoms with van der Waals surface area (Å²) >= 11 is 0. The first-order valence-corrected chi connectivity index (χ1v) is 5.39. The average Bonchev–Trinajstić information content (AvgIpc) is 2.56. The van der Waals surface area contributed by atoms with Crippen molar-refractivity contribution in [1.29, 1.82) is 0 Å². The first-order valence-electron chi connectivity index (χ1n) is 5.39. The van der Waals surface area contributed by atoms with Crippen molar-refractivity contribution >= 4 is 11.6 Å². The number of hydrogen-bond acceptors (Lipinski definition) is 3. The van der Waals surface area contributed by atoms with Gasteiger partial charge in [-0.1, -0.05) is 0 Å². The van der Waals surface area contributed by atoms with E-state index in [2.05, 4.69) is 10.3 Å². The highest BCUT2D eigenvalue weighted by atomic mass is 16.2. The molecule has 0 atom stereocenters. The van der Waals surface area contributed by atoms with Gasteiger partial charge in [0.15, 0.2) is 5.65 Å². The van der Waals surface area contributed by atoms with Gasteiger partial charge in [-0.05, 0) is 13.8 Å². The predicted molar refractivity (Wildman–Crippen MR) is 63.2 cm³/mol. The van der Waals surface area contributed by atoms with Crippen LogP contribution in [0.5, 0.6) is 0 Å². The molecule has 1 N–H and O–H groups in total. The number of amides is 1. The molecule has 2 aromatic rings. The molecule has 2 heterocycles. The van der Waals surface area contributed by atoms with Crippen molar-refractivity contribution in [2.75, 3.05) is 6.54 Å². The van der Waals surface area contributed by atoms with Crippen molar-refractivity contribution in [3.05, 3.63) is 33.9 Å². The van der Waals surface area contributed by atoms with E-state index in [9.17, 15) is 9.59 Å². The van der Waals surface area contributed by atoms with Crippen LogP contribution in [0.2, 0.25) is 0 Å². The average molecular weight is 234 g/mol. The Bertz CT molecular complexity index is 639. The Labute approximate surface area is 97.9 Å². The first kappa shape index (κ1) is 11.4. The van der Waals surface area contributed by atoms with E-state index in [0.29, 0.717) is 23.6 Å². The number of hydrogen-bond donors (Lipinski definition) is 1. The van der Waals surface area contributed by atoms with Crippen molar-refractivity contribution in [1.82, 2.24) is 19.5 Å². The summed E-state index contributed by atoms with van der Waals surface area (Å²) in [4.78, 5) is 27.8. The summed E-state index contributed by atoms with van der Waals surface area (Å²) < 4.78 is 2.88. The lowest BCUT2D eigenvalue weighted by molar-refractivity contribution is 0.0946. The first-order chi connectivity index (χ1) is 8.04. The summed E-state index contributed by atoms with van der Waals surface area (Å²) in [7, 11) is 1.66. The second kappa shape index (κ2) is 4.04. The van der Waals surface area contributed by atoms with E-state index in [1.807, 2.05) is 6.92 Å². The van der Waals surface area contributed by atoms with E-state index in [1.54, 1.807) is 20.0 Å². The van der Waals surface area contributed by atoms with Crippen LogP contribution in [0.1, 0.15) is 23.1 Å². The van der Waals surface area contributed by atoms with Gasteiger partial charge in [0.25, 0.3) is 11.5 Å². The van der Waals surface area contributed by atoms with Gasteiger partial charge >= 0.3 is 0 Å². The van der Waals surface area contributed by atoms with Crippen LogP contribution in [0, 0.1) is 6.92 Å². The van der Waals surface area contributed by atoms with Gasteiger partial charge < -0.3 is 5.32 Å². The Morgan fingerprint density at radius 1 is 1.47 bits per heavy atom. The zero-order chi connectivity index (χ0) is 12.6. The Morgan fingerprint density at radius 3 is 2.82 bits per heavy atom. The van der Waals surface area contributed by atoms with Gasteiger partial charge in [-0.25, -0.2) is 4.98 Å². The molecule has 2 rings (SSSR count). The third kappa shape index (κ3) is 1.82. The van der Waals surface area contributed by atoms with Crippen LogP contribution >= 0.6 is 0 Å². The lowest BCUT2D eigenvalue weighted by Gasteiger charge is -2.04. The van der Waals surface area contributed by atoms with Crippen molar-refractivity contribution < 1.29 is 4.79 Å². The number of carbonyl (C=O) groups is 1. The SMILES string of the molecule is CCNC(=O)c1cc2nc(C)cc(=O)n2n1C. The molecule has 0 aliphatic rings. The number of nitrogens with one attached hydrogen (secondary N) is 1. The smallest absolute Gasteiger partial charge is 0.273 e. The van der Waals surface area contributed by atoms with Gasteiger partial charge in [-0.15, -0.1) is 0 Å². The summed E-state index contributed by atoms with van der Waals surface area (Å²) in [6.07, 6.45) is 0. The quantitative estimate of drug-likeness (QED) is 0.800. The molecule has 0 spiro atoms. The molecular weight excluding hydrogens is 220 g/mol. The molecule has 0 unspecified atom stereocenters. The molecule has 0 aliphatic carbocycles. The fraction of sp³-hybridized carbons (Fsp3) is 0.364. The number of nitrogens with zero attached hydrogens (tertiary/aromatic N) is 3. The molecule has 90 valence electrons. The van der Waals surface area contributed by atoms with Crippen LogP contribution < -0.4 is 10.9 Å². The monoisotopic (exact) mass is 234 g/mol. The summed E-state index contributed by atoms with van der Waals surface area (Å²) in [6.45, 7) is 4.14. The molecule has 6 heteroatoms. The molecule has 0 saturated heterocycles. The number of aromatic nitrogens is 3. The fourth-order valence-electron chi connectivity index (χ4n) is 1.80. The van der Waals surface area contributed by atoms with E-state index in [1.165, 1.54) is 15.3 Å². The van der Waals surface area contributed by atoms with E-state index < -0.39 is 0 Å². The predicted octanol–water partition coefficient (Wildman–Crippen LogP) is 0.0911. The molecular formula is C11H14N4O2. The van der Waals surface area contributed by atoms with Crippen LogP contribution in [0.3, 0.4) is 0 Å². The highest BCUT2D eigenvalue weighted by Gasteiger charge is 2.14. The van der Waals surface area contributed by atoms with Gasteiger partial charge in [0.2, 0.25) is 0 Å². The zero-order valence-electron chi connectivity index (χ0n) is 10.0. The Kier molecular flexibility index (Phi) is 2.71. The molecule has 0 saturated carbocycles. The normalized spacial score (nSPS) is 10.8. The summed E-state index contributed by atoms with van der Waals surface area (Å²) in [5.41, 5.74) is 1.36. The van der Waals surface area contributed by atoms with Crippen LogP contribution in [0.15, 0.2) is 16.9 Å². The Morgan fingerprint density at radius 2 is 2.18 bits per heavy atom. The molecule has 0 aromatic carbocycles. The molecule has 2 aromatic heterocycles. The number of aryl methyl sites for hydroxylation is 2. The Balaban J connectivity index is 2.69. The lowest BCUT2D eigenvalue weighted by atomic mass is 10.4. The van der Waals surface area contributed by atoms with E-state index in [-0.39, 0.29) is 11.5 Å². The number of carbonyl (C=O) groups excluding carboxylic acids is 1. The van der Waals surface area contributed by atoms with E-state index in [0.717, 1.165) is 0 Å². The summed E-state index contributed by atoms with van der Waals surface area (Å²) in [6, 6.07) is 3.05. The second-order valence-corrected chi connectivity index (χ2v) is 3.82. The molecule has 0 bridgehead atoms. The van der Waals surface area contributed by atoms with Gasteiger partial charge in [0.1, 0.15) is 5.69 Å². The van der Waals surface area contributed by atoms with Crippen LogP contribution in [0.4, 0.5) is 0 Å².